The van der Waals surface area contributed by atoms with E-state index in [1.54, 1.807) is 19.1 Å². The highest BCUT2D eigenvalue weighted by Crippen LogP contribution is 2.34. The van der Waals surface area contributed by atoms with E-state index in [1.807, 2.05) is 6.07 Å². The van der Waals surface area contributed by atoms with Crippen LogP contribution in [0.1, 0.15) is 10.4 Å². The summed E-state index contributed by atoms with van der Waals surface area (Å²) in [4.78, 5) is 19.3. The summed E-state index contributed by atoms with van der Waals surface area (Å²) in [5, 5.41) is 20.8. The van der Waals surface area contributed by atoms with Gasteiger partial charge in [-0.05, 0) is 18.6 Å². The SMILES string of the molecule is C=C/C=N\c1sc(/C(C#N)=N/c2cc([N+](=O)[O-])ccc2C)cc1N. The first-order valence-electron chi connectivity index (χ1n) is 6.75. The number of nitro groups is 1. The van der Waals surface area contributed by atoms with Crippen LogP contribution in [0.3, 0.4) is 0 Å². The third-order valence-corrected chi connectivity index (χ3v) is 4.08. The number of rotatable bonds is 5. The summed E-state index contributed by atoms with van der Waals surface area (Å²) in [5.74, 6) is 0. The zero-order valence-electron chi connectivity index (χ0n) is 12.8. The fourth-order valence-electron chi connectivity index (χ4n) is 1.82. The van der Waals surface area contributed by atoms with Crippen molar-refractivity contribution in [3.05, 3.63) is 57.5 Å². The highest BCUT2D eigenvalue weighted by atomic mass is 32.1. The Morgan fingerprint density at radius 3 is 2.88 bits per heavy atom. The van der Waals surface area contributed by atoms with Crippen LogP contribution in [0.2, 0.25) is 0 Å². The summed E-state index contributed by atoms with van der Waals surface area (Å²) in [6.07, 6.45) is 3.02. The van der Waals surface area contributed by atoms with Gasteiger partial charge in [0.15, 0.2) is 5.71 Å². The topological polar surface area (TPSA) is 118 Å². The summed E-state index contributed by atoms with van der Waals surface area (Å²) < 4.78 is 0. The molecule has 0 fully saturated rings. The molecule has 0 bridgehead atoms. The van der Waals surface area contributed by atoms with Crippen molar-refractivity contribution >= 4 is 45.3 Å². The molecule has 7 nitrogen and oxygen atoms in total. The highest BCUT2D eigenvalue weighted by molar-refractivity contribution is 7.18. The lowest BCUT2D eigenvalue weighted by Crippen LogP contribution is -1.94. The number of nitro benzene ring substituents is 1. The van der Waals surface area contributed by atoms with Gasteiger partial charge in [-0.1, -0.05) is 18.7 Å². The third kappa shape index (κ3) is 3.71. The largest absolute Gasteiger partial charge is 0.396 e. The van der Waals surface area contributed by atoms with E-state index in [0.29, 0.717) is 21.3 Å². The number of allylic oxidation sites excluding steroid dienone is 1. The molecule has 0 saturated carbocycles. The smallest absolute Gasteiger partial charge is 0.271 e. The first kappa shape index (κ1) is 17.1. The molecule has 0 saturated heterocycles. The number of aliphatic imine (C=N–C) groups is 2. The van der Waals surface area contributed by atoms with E-state index >= 15 is 0 Å². The molecule has 0 aliphatic carbocycles. The van der Waals surface area contributed by atoms with Gasteiger partial charge in [0, 0.05) is 18.3 Å². The quantitative estimate of drug-likeness (QED) is 0.501. The summed E-state index contributed by atoms with van der Waals surface area (Å²) in [6.45, 7) is 5.30. The molecule has 0 amide bonds. The van der Waals surface area contributed by atoms with Crippen LogP contribution >= 0.6 is 11.3 Å². The van der Waals surface area contributed by atoms with Gasteiger partial charge in [-0.2, -0.15) is 5.26 Å². The van der Waals surface area contributed by atoms with Gasteiger partial charge in [0.1, 0.15) is 11.1 Å². The summed E-state index contributed by atoms with van der Waals surface area (Å²) in [7, 11) is 0. The lowest BCUT2D eigenvalue weighted by Gasteiger charge is -2.01. The summed E-state index contributed by atoms with van der Waals surface area (Å²) in [5.41, 5.74) is 7.42. The highest BCUT2D eigenvalue weighted by Gasteiger charge is 2.13. The molecule has 0 unspecified atom stereocenters. The zero-order valence-corrected chi connectivity index (χ0v) is 13.6. The second-order valence-electron chi connectivity index (χ2n) is 4.69. The van der Waals surface area contributed by atoms with Crippen LogP contribution in [0.15, 0.2) is 46.9 Å². The van der Waals surface area contributed by atoms with Crippen LogP contribution in [0.5, 0.6) is 0 Å². The van der Waals surface area contributed by atoms with Crippen LogP contribution < -0.4 is 5.73 Å². The van der Waals surface area contributed by atoms with Gasteiger partial charge in [0.25, 0.3) is 5.69 Å². The standard InChI is InChI=1S/C16H13N5O2S/c1-3-6-19-16-12(18)8-15(24-16)14(9-17)20-13-7-11(21(22)23)5-4-10(13)2/h3-8H,1,18H2,2H3/b19-6-,20-14+. The second-order valence-corrected chi connectivity index (χ2v) is 5.72. The van der Waals surface area contributed by atoms with Crippen molar-refractivity contribution in [2.45, 2.75) is 6.92 Å². The van der Waals surface area contributed by atoms with Gasteiger partial charge in [-0.3, -0.25) is 10.1 Å². The van der Waals surface area contributed by atoms with E-state index in [2.05, 4.69) is 16.6 Å². The Morgan fingerprint density at radius 1 is 1.50 bits per heavy atom. The number of non-ortho nitro benzene ring substituents is 1. The van der Waals surface area contributed by atoms with E-state index < -0.39 is 4.92 Å². The Hall–Kier alpha value is -3.31. The number of hydrogen-bond donors (Lipinski definition) is 1. The normalized spacial score (nSPS) is 11.4. The summed E-state index contributed by atoms with van der Waals surface area (Å²) in [6, 6.07) is 7.93. The molecule has 120 valence electrons. The number of nitrogens with two attached hydrogens (primary N) is 1. The van der Waals surface area contributed by atoms with Crippen molar-refractivity contribution in [1.82, 2.24) is 0 Å². The molecule has 2 N–H and O–H groups in total. The molecule has 0 spiro atoms. The number of thiophene rings is 1. The zero-order chi connectivity index (χ0) is 17.7. The number of hydrogen-bond acceptors (Lipinski definition) is 7. The maximum Gasteiger partial charge on any atom is 0.271 e. The minimum absolute atomic E-state index is 0.0846. The molecule has 1 aromatic carbocycles. The van der Waals surface area contributed by atoms with Gasteiger partial charge >= 0.3 is 0 Å². The number of benzene rings is 1. The Balaban J connectivity index is 2.49. The van der Waals surface area contributed by atoms with E-state index in [4.69, 9.17) is 5.73 Å². The maximum absolute atomic E-state index is 10.9. The maximum atomic E-state index is 10.9. The van der Waals surface area contributed by atoms with Crippen LogP contribution in [-0.2, 0) is 0 Å². The lowest BCUT2D eigenvalue weighted by molar-refractivity contribution is -0.384. The monoisotopic (exact) mass is 339 g/mol. The van der Waals surface area contributed by atoms with E-state index in [1.165, 1.54) is 35.8 Å². The fourth-order valence-corrected chi connectivity index (χ4v) is 2.69. The molecule has 0 radical (unpaired) electrons. The van der Waals surface area contributed by atoms with Crippen molar-refractivity contribution in [3.63, 3.8) is 0 Å². The van der Waals surface area contributed by atoms with Crippen molar-refractivity contribution in [1.29, 1.82) is 5.26 Å². The van der Waals surface area contributed by atoms with Crippen molar-refractivity contribution in [2.75, 3.05) is 5.73 Å². The van der Waals surface area contributed by atoms with Crippen molar-refractivity contribution < 1.29 is 4.92 Å². The molecular weight excluding hydrogens is 326 g/mol. The Kier molecular flexibility index (Phi) is 5.19. The Bertz CT molecular complexity index is 906. The van der Waals surface area contributed by atoms with Gasteiger partial charge in [0.2, 0.25) is 0 Å². The number of aryl methyl sites for hydroxylation is 1. The molecule has 24 heavy (non-hydrogen) atoms. The van der Waals surface area contributed by atoms with E-state index in [9.17, 15) is 15.4 Å². The molecule has 0 aliphatic heterocycles. The molecule has 1 heterocycles. The molecule has 8 heteroatoms. The predicted molar refractivity (Wildman–Crippen MR) is 96.7 cm³/mol. The molecule has 2 rings (SSSR count). The number of anilines is 1. The van der Waals surface area contributed by atoms with Gasteiger partial charge in [0.05, 0.1) is 21.2 Å². The van der Waals surface area contributed by atoms with Crippen LogP contribution in [-0.4, -0.2) is 16.8 Å². The first-order valence-corrected chi connectivity index (χ1v) is 7.56. The number of nitriles is 1. The van der Waals surface area contributed by atoms with Crippen molar-refractivity contribution in [3.8, 4) is 6.07 Å². The molecule has 2 aromatic rings. The molecule has 0 aliphatic rings. The van der Waals surface area contributed by atoms with Gasteiger partial charge < -0.3 is 5.73 Å². The first-order chi connectivity index (χ1) is 11.5. The van der Waals surface area contributed by atoms with E-state index in [0.717, 1.165) is 5.56 Å². The lowest BCUT2D eigenvalue weighted by atomic mass is 10.2. The molecular formula is C16H13N5O2S. The second kappa shape index (κ2) is 7.30. The van der Waals surface area contributed by atoms with Gasteiger partial charge in [-0.15, -0.1) is 11.3 Å². The van der Waals surface area contributed by atoms with Crippen LogP contribution in [0.4, 0.5) is 22.1 Å². The van der Waals surface area contributed by atoms with Crippen molar-refractivity contribution in [2.24, 2.45) is 9.98 Å². The van der Waals surface area contributed by atoms with Crippen LogP contribution in [0.25, 0.3) is 0 Å². The van der Waals surface area contributed by atoms with Gasteiger partial charge in [-0.25, -0.2) is 9.98 Å². The van der Waals surface area contributed by atoms with E-state index in [-0.39, 0.29) is 11.4 Å². The minimum Gasteiger partial charge on any atom is -0.396 e. The Morgan fingerprint density at radius 2 is 2.25 bits per heavy atom. The average molecular weight is 339 g/mol. The summed E-state index contributed by atoms with van der Waals surface area (Å²) >= 11 is 1.21. The number of nitrogen functional groups attached to an aromatic ring is 1. The predicted octanol–water partition coefficient (Wildman–Crippen LogP) is 4.08. The molecule has 0 atom stereocenters. The third-order valence-electron chi connectivity index (χ3n) is 3.01. The fraction of sp³-hybridized carbons (Fsp3) is 0.0625. The minimum atomic E-state index is -0.504. The number of nitrogens with zero attached hydrogens (tertiary/aromatic N) is 4. The van der Waals surface area contributed by atoms with Crippen LogP contribution in [0, 0.1) is 28.4 Å². The average Bonchev–Trinajstić information content (AvgIpc) is 2.92. The Labute approximate surface area is 142 Å². The molecule has 1 aromatic heterocycles.